The molecule has 0 aliphatic carbocycles. The summed E-state index contributed by atoms with van der Waals surface area (Å²) in [5, 5.41) is 27.6. The second-order valence-corrected chi connectivity index (χ2v) is 8.20. The first kappa shape index (κ1) is 20.8. The first-order valence-electron chi connectivity index (χ1n) is 8.27. The number of rotatable bonds is 13. The van der Waals surface area contributed by atoms with Gasteiger partial charge in [-0.2, -0.15) is 0 Å². The zero-order valence-corrected chi connectivity index (χ0v) is 14.7. The summed E-state index contributed by atoms with van der Waals surface area (Å²) >= 11 is 0. The number of benzene rings is 1. The van der Waals surface area contributed by atoms with Crippen molar-refractivity contribution >= 4 is 18.6 Å². The maximum Gasteiger partial charge on any atom is 0.307 e. The average molecular weight is 358 g/mol. The van der Waals surface area contributed by atoms with Gasteiger partial charge in [0.05, 0.1) is 12.5 Å². The van der Waals surface area contributed by atoms with Crippen molar-refractivity contribution in [3.05, 3.63) is 30.3 Å². The van der Waals surface area contributed by atoms with Crippen LogP contribution < -0.4 is 5.30 Å². The van der Waals surface area contributed by atoms with Crippen LogP contribution in [0.25, 0.3) is 0 Å². The fraction of sp³-hybridized carbons (Fsp3) is 0.588. The third-order valence-electron chi connectivity index (χ3n) is 3.77. The van der Waals surface area contributed by atoms with E-state index in [0.717, 1.165) is 0 Å². The largest absolute Gasteiger partial charge is 0.481 e. The summed E-state index contributed by atoms with van der Waals surface area (Å²) in [6, 6.07) is 8.69. The van der Waals surface area contributed by atoms with Gasteiger partial charge < -0.3 is 19.8 Å². The molecule has 0 saturated heterocycles. The first-order chi connectivity index (χ1) is 11.5. The number of aliphatic hydroxyl groups is 2. The van der Waals surface area contributed by atoms with Crippen LogP contribution in [0.5, 0.6) is 0 Å². The SMILES string of the molecule is O=C(O)C(CCCCO)CP(=O)(OCCCCO)c1ccccc1. The molecule has 136 valence electrons. The molecular formula is C17H27O6P. The molecule has 0 aliphatic rings. The van der Waals surface area contributed by atoms with Crippen molar-refractivity contribution < 1.29 is 29.2 Å². The van der Waals surface area contributed by atoms with Crippen molar-refractivity contribution in [3.63, 3.8) is 0 Å². The van der Waals surface area contributed by atoms with Crippen molar-refractivity contribution in [2.45, 2.75) is 32.1 Å². The van der Waals surface area contributed by atoms with Gasteiger partial charge in [-0.3, -0.25) is 9.36 Å². The Balaban J connectivity index is 2.86. The van der Waals surface area contributed by atoms with E-state index in [2.05, 4.69) is 0 Å². The number of unbranched alkanes of at least 4 members (excludes halogenated alkanes) is 2. The molecule has 0 saturated carbocycles. The van der Waals surface area contributed by atoms with Crippen LogP contribution in [0.4, 0.5) is 0 Å². The predicted octanol–water partition coefficient (Wildman–Crippen LogP) is 2.24. The molecule has 7 heteroatoms. The fourth-order valence-electron chi connectivity index (χ4n) is 2.40. The standard InChI is InChI=1S/C17H27O6P/c18-11-5-4-8-15(17(20)21)14-24(22,23-13-7-6-12-19)16-9-2-1-3-10-16/h1-3,9-10,15,18-19H,4-8,11-14H2,(H,20,21). The molecule has 0 aliphatic heterocycles. The van der Waals surface area contributed by atoms with Gasteiger partial charge in [0.2, 0.25) is 7.37 Å². The van der Waals surface area contributed by atoms with Crippen molar-refractivity contribution in [2.75, 3.05) is 26.0 Å². The van der Waals surface area contributed by atoms with Crippen LogP contribution >= 0.6 is 7.37 Å². The summed E-state index contributed by atoms with van der Waals surface area (Å²) in [6.45, 7) is 0.272. The maximum atomic E-state index is 13.3. The first-order valence-corrected chi connectivity index (χ1v) is 10.1. The highest BCUT2D eigenvalue weighted by Gasteiger charge is 2.32. The predicted molar refractivity (Wildman–Crippen MR) is 92.9 cm³/mol. The molecule has 0 heterocycles. The molecule has 0 fully saturated rings. The topological polar surface area (TPSA) is 104 Å². The second kappa shape index (κ2) is 11.4. The average Bonchev–Trinajstić information content (AvgIpc) is 2.59. The Hall–Kier alpha value is -1.20. The zero-order valence-electron chi connectivity index (χ0n) is 13.8. The molecule has 0 aromatic heterocycles. The molecule has 0 spiro atoms. The molecule has 1 aromatic rings. The highest BCUT2D eigenvalue weighted by molar-refractivity contribution is 7.67. The summed E-state index contributed by atoms with van der Waals surface area (Å²) in [4.78, 5) is 11.5. The minimum absolute atomic E-state index is 0.0142. The fourth-order valence-corrected chi connectivity index (χ4v) is 4.83. The minimum Gasteiger partial charge on any atom is -0.481 e. The van der Waals surface area contributed by atoms with E-state index in [0.29, 0.717) is 37.4 Å². The molecule has 6 nitrogen and oxygen atoms in total. The van der Waals surface area contributed by atoms with Crippen molar-refractivity contribution in [1.82, 2.24) is 0 Å². The third kappa shape index (κ3) is 7.14. The molecule has 2 unspecified atom stereocenters. The molecule has 0 amide bonds. The monoisotopic (exact) mass is 358 g/mol. The number of hydrogen-bond donors (Lipinski definition) is 3. The quantitative estimate of drug-likeness (QED) is 0.369. The van der Waals surface area contributed by atoms with Crippen LogP contribution in [-0.2, 0) is 13.9 Å². The smallest absolute Gasteiger partial charge is 0.307 e. The van der Waals surface area contributed by atoms with Crippen LogP contribution in [-0.4, -0.2) is 47.3 Å². The molecule has 24 heavy (non-hydrogen) atoms. The van der Waals surface area contributed by atoms with E-state index in [1.54, 1.807) is 30.3 Å². The van der Waals surface area contributed by atoms with Crippen LogP contribution in [0.15, 0.2) is 30.3 Å². The van der Waals surface area contributed by atoms with E-state index in [9.17, 15) is 14.5 Å². The van der Waals surface area contributed by atoms with E-state index >= 15 is 0 Å². The zero-order chi connectivity index (χ0) is 17.8. The van der Waals surface area contributed by atoms with Crippen molar-refractivity contribution in [2.24, 2.45) is 5.92 Å². The van der Waals surface area contributed by atoms with Gasteiger partial charge in [-0.1, -0.05) is 24.6 Å². The molecule has 0 bridgehead atoms. The highest BCUT2D eigenvalue weighted by Crippen LogP contribution is 2.48. The van der Waals surface area contributed by atoms with Crippen LogP contribution in [0.1, 0.15) is 32.1 Å². The normalized spacial score (nSPS) is 14.9. The molecule has 1 aromatic carbocycles. The summed E-state index contributed by atoms with van der Waals surface area (Å²) < 4.78 is 19.0. The van der Waals surface area contributed by atoms with Gasteiger partial charge in [-0.25, -0.2) is 0 Å². The molecule has 1 rings (SSSR count). The summed E-state index contributed by atoms with van der Waals surface area (Å²) in [5.74, 6) is -1.77. The lowest BCUT2D eigenvalue weighted by Crippen LogP contribution is -2.23. The number of carboxylic acid groups (broad SMARTS) is 1. The number of carboxylic acids is 1. The van der Waals surface area contributed by atoms with E-state index in [-0.39, 0.29) is 26.0 Å². The van der Waals surface area contributed by atoms with Crippen molar-refractivity contribution in [3.8, 4) is 0 Å². The Morgan fingerprint density at radius 2 is 1.67 bits per heavy atom. The van der Waals surface area contributed by atoms with Gasteiger partial charge in [0.15, 0.2) is 0 Å². The van der Waals surface area contributed by atoms with Gasteiger partial charge >= 0.3 is 5.97 Å². The van der Waals surface area contributed by atoms with Crippen LogP contribution in [0.3, 0.4) is 0 Å². The Kier molecular flexibility index (Phi) is 9.88. The van der Waals surface area contributed by atoms with Gasteiger partial charge in [-0.05, 0) is 37.8 Å². The third-order valence-corrected chi connectivity index (χ3v) is 6.38. The number of hydrogen-bond acceptors (Lipinski definition) is 5. The van der Waals surface area contributed by atoms with Gasteiger partial charge in [0.25, 0.3) is 0 Å². The van der Waals surface area contributed by atoms with Crippen LogP contribution in [0, 0.1) is 5.92 Å². The van der Waals surface area contributed by atoms with Gasteiger partial charge in [-0.15, -0.1) is 0 Å². The maximum absolute atomic E-state index is 13.3. The lowest BCUT2D eigenvalue weighted by atomic mass is 10.0. The van der Waals surface area contributed by atoms with Gasteiger partial charge in [0.1, 0.15) is 0 Å². The number of carbonyl (C=O) groups is 1. The summed E-state index contributed by atoms with van der Waals surface area (Å²) in [6.07, 6.45) is 2.50. The molecule has 3 N–H and O–H groups in total. The molecule has 2 atom stereocenters. The van der Waals surface area contributed by atoms with Gasteiger partial charge in [0, 0.05) is 24.7 Å². The Morgan fingerprint density at radius 3 is 2.25 bits per heavy atom. The number of aliphatic hydroxyl groups excluding tert-OH is 2. The summed E-state index contributed by atoms with van der Waals surface area (Å²) in [7, 11) is -3.30. The Labute approximate surface area is 142 Å². The molecule has 0 radical (unpaired) electrons. The second-order valence-electron chi connectivity index (χ2n) is 5.71. The number of aliphatic carboxylic acids is 1. The highest BCUT2D eigenvalue weighted by atomic mass is 31.2. The van der Waals surface area contributed by atoms with Crippen LogP contribution in [0.2, 0.25) is 0 Å². The van der Waals surface area contributed by atoms with E-state index in [1.165, 1.54) is 0 Å². The van der Waals surface area contributed by atoms with E-state index < -0.39 is 19.3 Å². The van der Waals surface area contributed by atoms with E-state index in [1.807, 2.05) is 0 Å². The Morgan fingerprint density at radius 1 is 1.04 bits per heavy atom. The Bertz CT molecular complexity index is 519. The van der Waals surface area contributed by atoms with Crippen molar-refractivity contribution in [1.29, 1.82) is 0 Å². The lowest BCUT2D eigenvalue weighted by Gasteiger charge is -2.22. The lowest BCUT2D eigenvalue weighted by molar-refractivity contribution is -0.141. The summed E-state index contributed by atoms with van der Waals surface area (Å²) in [5.41, 5.74) is 0. The van der Waals surface area contributed by atoms with E-state index in [4.69, 9.17) is 14.7 Å². The minimum atomic E-state index is -3.30. The molecular weight excluding hydrogens is 331 g/mol.